The molecule has 0 spiro atoms. The van der Waals surface area contributed by atoms with E-state index < -0.39 is 0 Å². The molecule has 23 heavy (non-hydrogen) atoms. The fourth-order valence-corrected chi connectivity index (χ4v) is 1.94. The van der Waals surface area contributed by atoms with Crippen molar-refractivity contribution < 1.29 is 9.47 Å². The Hall–Kier alpha value is -3.13. The van der Waals surface area contributed by atoms with Gasteiger partial charge in [0.2, 0.25) is 0 Å². The number of nitrogens with one attached hydrogen (secondary N) is 1. The molecule has 3 N–H and O–H groups in total. The van der Waals surface area contributed by atoms with Gasteiger partial charge in [-0.2, -0.15) is 0 Å². The minimum Gasteiger partial charge on any atom is -0.493 e. The molecule has 2 aromatic rings. The molecular formula is C18H19N3O2. The van der Waals surface area contributed by atoms with Crippen LogP contribution in [0, 0.1) is 12.3 Å². The first-order valence-corrected chi connectivity index (χ1v) is 7.08. The monoisotopic (exact) mass is 309 g/mol. The van der Waals surface area contributed by atoms with E-state index in [4.69, 9.17) is 21.6 Å². The minimum absolute atomic E-state index is 0.181. The number of guanidine groups is 1. The summed E-state index contributed by atoms with van der Waals surface area (Å²) in [5.41, 5.74) is 7.72. The van der Waals surface area contributed by atoms with Gasteiger partial charge in [0.15, 0.2) is 17.5 Å². The zero-order chi connectivity index (χ0) is 16.5. The van der Waals surface area contributed by atoms with Crippen LogP contribution in [0.1, 0.15) is 5.56 Å². The Kier molecular flexibility index (Phi) is 5.89. The van der Waals surface area contributed by atoms with Crippen LogP contribution in [0.25, 0.3) is 0 Å². The number of para-hydroxylation sites is 1. The molecule has 0 aliphatic rings. The zero-order valence-electron chi connectivity index (χ0n) is 13.0. The van der Waals surface area contributed by atoms with E-state index in [0.29, 0.717) is 24.0 Å². The molecule has 0 aromatic heterocycles. The van der Waals surface area contributed by atoms with Gasteiger partial charge in [0.1, 0.15) is 6.61 Å². The standard InChI is InChI=1S/C18H19N3O2/c1-3-11-23-17-12-14(9-10-16(17)22-2)13-20-18(19)21-15-7-5-4-6-8-15/h1,4-10,12H,11,13H2,2H3,(H3,19,20,21). The highest BCUT2D eigenvalue weighted by molar-refractivity contribution is 5.92. The lowest BCUT2D eigenvalue weighted by Gasteiger charge is -2.10. The number of rotatable bonds is 6. The average Bonchev–Trinajstić information content (AvgIpc) is 2.59. The molecule has 118 valence electrons. The van der Waals surface area contributed by atoms with Crippen LogP contribution in [0.5, 0.6) is 11.5 Å². The van der Waals surface area contributed by atoms with Gasteiger partial charge in [-0.15, -0.1) is 6.42 Å². The number of nitrogens with zero attached hydrogens (tertiary/aromatic N) is 1. The molecule has 0 heterocycles. The lowest BCUT2D eigenvalue weighted by atomic mass is 10.2. The summed E-state index contributed by atoms with van der Waals surface area (Å²) in [7, 11) is 1.58. The Labute approximate surface area is 136 Å². The van der Waals surface area contributed by atoms with Gasteiger partial charge in [-0.05, 0) is 29.8 Å². The van der Waals surface area contributed by atoms with Crippen LogP contribution < -0.4 is 20.5 Å². The highest BCUT2D eigenvalue weighted by Crippen LogP contribution is 2.28. The summed E-state index contributed by atoms with van der Waals surface area (Å²) in [5.74, 6) is 3.99. The first-order valence-electron chi connectivity index (χ1n) is 7.08. The molecule has 0 atom stereocenters. The predicted octanol–water partition coefficient (Wildman–Crippen LogP) is 2.63. The molecule has 5 nitrogen and oxygen atoms in total. The van der Waals surface area contributed by atoms with Crippen LogP contribution in [0.4, 0.5) is 5.69 Å². The third-order valence-electron chi connectivity index (χ3n) is 3.02. The molecule has 0 saturated carbocycles. The second kappa shape index (κ2) is 8.35. The van der Waals surface area contributed by atoms with Crippen molar-refractivity contribution in [3.8, 4) is 23.8 Å². The molecule has 0 amide bonds. The minimum atomic E-state index is 0.181. The summed E-state index contributed by atoms with van der Waals surface area (Å²) >= 11 is 0. The van der Waals surface area contributed by atoms with Crippen LogP contribution in [-0.4, -0.2) is 19.7 Å². The second-order valence-electron chi connectivity index (χ2n) is 4.67. The van der Waals surface area contributed by atoms with Crippen molar-refractivity contribution in [3.05, 3.63) is 54.1 Å². The highest BCUT2D eigenvalue weighted by atomic mass is 16.5. The topological polar surface area (TPSA) is 68.9 Å². The van der Waals surface area contributed by atoms with E-state index >= 15 is 0 Å². The Morgan fingerprint density at radius 1 is 1.22 bits per heavy atom. The predicted molar refractivity (Wildman–Crippen MR) is 92.7 cm³/mol. The maximum Gasteiger partial charge on any atom is 0.193 e. The fraction of sp³-hybridized carbons (Fsp3) is 0.167. The third kappa shape index (κ3) is 4.97. The first-order chi connectivity index (χ1) is 11.2. The summed E-state index contributed by atoms with van der Waals surface area (Å²) in [6.45, 7) is 0.600. The van der Waals surface area contributed by atoms with Gasteiger partial charge >= 0.3 is 0 Å². The third-order valence-corrected chi connectivity index (χ3v) is 3.02. The first kappa shape index (κ1) is 16.2. The Balaban J connectivity index is 2.04. The van der Waals surface area contributed by atoms with Crippen molar-refractivity contribution in [2.45, 2.75) is 6.54 Å². The summed E-state index contributed by atoms with van der Waals surface area (Å²) in [6, 6.07) is 15.2. The van der Waals surface area contributed by atoms with Crippen LogP contribution in [-0.2, 0) is 6.54 Å². The molecule has 5 heteroatoms. The fourth-order valence-electron chi connectivity index (χ4n) is 1.94. The average molecular weight is 309 g/mol. The number of anilines is 1. The summed E-state index contributed by atoms with van der Waals surface area (Å²) in [4.78, 5) is 4.31. The number of hydrogen-bond donors (Lipinski definition) is 2. The van der Waals surface area contributed by atoms with Crippen molar-refractivity contribution in [1.29, 1.82) is 0 Å². The second-order valence-corrected chi connectivity index (χ2v) is 4.67. The van der Waals surface area contributed by atoms with Crippen LogP contribution in [0.2, 0.25) is 0 Å². The van der Waals surface area contributed by atoms with Crippen LogP contribution in [0.15, 0.2) is 53.5 Å². The Morgan fingerprint density at radius 3 is 2.70 bits per heavy atom. The molecular weight excluding hydrogens is 290 g/mol. The maximum atomic E-state index is 5.88. The number of aliphatic imine (C=N–C) groups is 1. The Morgan fingerprint density at radius 2 is 2.00 bits per heavy atom. The summed E-state index contributed by atoms with van der Waals surface area (Å²) in [5, 5.41) is 3.03. The SMILES string of the molecule is C#CCOc1cc(CN=C(N)Nc2ccccc2)ccc1OC. The van der Waals surface area contributed by atoms with Gasteiger partial charge in [0.05, 0.1) is 13.7 Å². The summed E-state index contributed by atoms with van der Waals surface area (Å²) < 4.78 is 10.7. The molecule has 0 unspecified atom stereocenters. The molecule has 2 rings (SSSR count). The quantitative estimate of drug-likeness (QED) is 0.489. The molecule has 2 aromatic carbocycles. The smallest absolute Gasteiger partial charge is 0.193 e. The van der Waals surface area contributed by atoms with E-state index in [1.807, 2.05) is 48.5 Å². The lowest BCUT2D eigenvalue weighted by Crippen LogP contribution is -2.22. The number of terminal acetylenes is 1. The maximum absolute atomic E-state index is 5.88. The van der Waals surface area contributed by atoms with Crippen molar-refractivity contribution in [2.75, 3.05) is 19.0 Å². The number of hydrogen-bond acceptors (Lipinski definition) is 3. The van der Waals surface area contributed by atoms with E-state index in [2.05, 4.69) is 16.2 Å². The molecule has 0 saturated heterocycles. The normalized spacial score (nSPS) is 10.7. The van der Waals surface area contributed by atoms with E-state index in [9.17, 15) is 0 Å². The van der Waals surface area contributed by atoms with Crippen molar-refractivity contribution >= 4 is 11.6 Å². The summed E-state index contributed by atoms with van der Waals surface area (Å²) in [6.07, 6.45) is 5.22. The van der Waals surface area contributed by atoms with Gasteiger partial charge in [-0.3, -0.25) is 0 Å². The number of nitrogens with two attached hydrogens (primary N) is 1. The van der Waals surface area contributed by atoms with Crippen molar-refractivity contribution in [2.24, 2.45) is 10.7 Å². The van der Waals surface area contributed by atoms with Gasteiger partial charge in [-0.1, -0.05) is 30.2 Å². The van der Waals surface area contributed by atoms with Crippen LogP contribution >= 0.6 is 0 Å². The molecule has 0 radical (unpaired) electrons. The zero-order valence-corrected chi connectivity index (χ0v) is 13.0. The van der Waals surface area contributed by atoms with Crippen LogP contribution in [0.3, 0.4) is 0 Å². The lowest BCUT2D eigenvalue weighted by molar-refractivity contribution is 0.330. The number of ether oxygens (including phenoxy) is 2. The van der Waals surface area contributed by atoms with Gasteiger partial charge in [0, 0.05) is 5.69 Å². The van der Waals surface area contributed by atoms with E-state index in [1.54, 1.807) is 7.11 Å². The Bertz CT molecular complexity index is 706. The molecule has 0 aliphatic carbocycles. The van der Waals surface area contributed by atoms with Gasteiger partial charge in [0.25, 0.3) is 0 Å². The van der Waals surface area contributed by atoms with E-state index in [1.165, 1.54) is 0 Å². The number of methoxy groups -OCH3 is 1. The highest BCUT2D eigenvalue weighted by Gasteiger charge is 2.05. The van der Waals surface area contributed by atoms with E-state index in [0.717, 1.165) is 11.3 Å². The van der Waals surface area contributed by atoms with Crippen molar-refractivity contribution in [3.63, 3.8) is 0 Å². The van der Waals surface area contributed by atoms with Gasteiger partial charge in [-0.25, -0.2) is 4.99 Å². The largest absolute Gasteiger partial charge is 0.493 e. The van der Waals surface area contributed by atoms with Crippen molar-refractivity contribution in [1.82, 2.24) is 0 Å². The van der Waals surface area contributed by atoms with E-state index in [-0.39, 0.29) is 6.61 Å². The number of benzene rings is 2. The van der Waals surface area contributed by atoms with Gasteiger partial charge < -0.3 is 20.5 Å². The molecule has 0 bridgehead atoms. The molecule has 0 fully saturated rings. The molecule has 0 aliphatic heterocycles.